The van der Waals surface area contributed by atoms with E-state index >= 15 is 0 Å². The minimum absolute atomic E-state index is 1.08. The van der Waals surface area contributed by atoms with Crippen LogP contribution in [0.4, 0.5) is 22.0 Å². The highest BCUT2D eigenvalue weighted by Gasteiger charge is 2.76. The number of halogens is 5. The fourth-order valence-corrected chi connectivity index (χ4v) is 1.17. The molecule has 0 aromatic heterocycles. The number of aliphatic carboxylic acids is 1. The van der Waals surface area contributed by atoms with Crippen LogP contribution in [0.25, 0.3) is 0 Å². The van der Waals surface area contributed by atoms with Gasteiger partial charge in [-0.2, -0.15) is 13.2 Å². The highest BCUT2D eigenvalue weighted by atomic mass is 19.4. The Kier molecular flexibility index (Phi) is 2.60. The fourth-order valence-electron chi connectivity index (χ4n) is 1.17. The summed E-state index contributed by atoms with van der Waals surface area (Å²) in [4.78, 5) is 20.7. The van der Waals surface area contributed by atoms with Crippen molar-refractivity contribution in [3.8, 4) is 0 Å². The number of nitrogens with one attached hydrogen (secondary N) is 1. The molecular formula is C7H6F5NO3. The number of rotatable bonds is 3. The van der Waals surface area contributed by atoms with E-state index in [0.717, 1.165) is 5.32 Å². The van der Waals surface area contributed by atoms with Crippen molar-refractivity contribution < 1.29 is 36.6 Å². The molecule has 1 rings (SSSR count). The van der Waals surface area contributed by atoms with Crippen LogP contribution in [-0.2, 0) is 9.59 Å². The smallest absolute Gasteiger partial charge is 0.471 e. The van der Waals surface area contributed by atoms with Gasteiger partial charge in [0, 0.05) is 13.0 Å². The molecule has 1 saturated carbocycles. The summed E-state index contributed by atoms with van der Waals surface area (Å²) in [5.74, 6) is -7.95. The summed E-state index contributed by atoms with van der Waals surface area (Å²) >= 11 is 0. The van der Waals surface area contributed by atoms with Gasteiger partial charge < -0.3 is 10.4 Å². The van der Waals surface area contributed by atoms with E-state index in [4.69, 9.17) is 5.11 Å². The Morgan fingerprint density at radius 2 is 1.75 bits per heavy atom. The molecular weight excluding hydrogens is 241 g/mol. The first-order chi connectivity index (χ1) is 7.03. The molecule has 1 aliphatic rings. The third kappa shape index (κ3) is 1.93. The lowest BCUT2D eigenvalue weighted by atomic mass is 10.1. The van der Waals surface area contributed by atoms with Crippen molar-refractivity contribution in [2.24, 2.45) is 5.41 Å². The van der Waals surface area contributed by atoms with Gasteiger partial charge in [-0.15, -0.1) is 0 Å². The van der Waals surface area contributed by atoms with Crippen molar-refractivity contribution in [2.45, 2.75) is 18.5 Å². The van der Waals surface area contributed by atoms with Crippen molar-refractivity contribution in [3.05, 3.63) is 0 Å². The Morgan fingerprint density at radius 1 is 1.31 bits per heavy atom. The minimum atomic E-state index is -5.22. The standard InChI is InChI=1S/C7H6F5NO3/c8-6(9)1-5(6,4(15)16)2-13-3(14)7(10,11)12/h1-2H2,(H,13,14)(H,15,16). The number of hydrogen-bond acceptors (Lipinski definition) is 2. The molecule has 0 radical (unpaired) electrons. The lowest BCUT2D eigenvalue weighted by Gasteiger charge is -2.13. The van der Waals surface area contributed by atoms with Gasteiger partial charge in [-0.25, -0.2) is 8.78 Å². The molecule has 0 aromatic carbocycles. The molecule has 0 aromatic rings. The molecule has 0 heterocycles. The van der Waals surface area contributed by atoms with Crippen LogP contribution in [0.1, 0.15) is 6.42 Å². The first kappa shape index (κ1) is 12.7. The van der Waals surface area contributed by atoms with E-state index in [-0.39, 0.29) is 0 Å². The Morgan fingerprint density at radius 3 is 2.00 bits per heavy atom. The number of hydrogen-bond donors (Lipinski definition) is 2. The van der Waals surface area contributed by atoms with Gasteiger partial charge in [0.15, 0.2) is 5.41 Å². The van der Waals surface area contributed by atoms with Gasteiger partial charge in [0.1, 0.15) is 0 Å². The summed E-state index contributed by atoms with van der Waals surface area (Å²) in [7, 11) is 0. The van der Waals surface area contributed by atoms with Crippen molar-refractivity contribution in [2.75, 3.05) is 6.54 Å². The molecule has 0 saturated heterocycles. The largest absolute Gasteiger partial charge is 0.481 e. The molecule has 1 fully saturated rings. The molecule has 9 heteroatoms. The van der Waals surface area contributed by atoms with Crippen LogP contribution >= 0.6 is 0 Å². The van der Waals surface area contributed by atoms with Crippen LogP contribution < -0.4 is 5.32 Å². The summed E-state index contributed by atoms with van der Waals surface area (Å²) in [5, 5.41) is 9.58. The van der Waals surface area contributed by atoms with Crippen LogP contribution in [-0.4, -0.2) is 35.6 Å². The topological polar surface area (TPSA) is 66.4 Å². The van der Waals surface area contributed by atoms with Gasteiger partial charge in [-0.05, 0) is 0 Å². The summed E-state index contributed by atoms with van der Waals surface area (Å²) < 4.78 is 60.3. The highest BCUT2D eigenvalue weighted by Crippen LogP contribution is 2.60. The van der Waals surface area contributed by atoms with E-state index in [0.29, 0.717) is 0 Å². The molecule has 0 spiro atoms. The average molecular weight is 247 g/mol. The van der Waals surface area contributed by atoms with Crippen LogP contribution in [0.5, 0.6) is 0 Å². The summed E-state index contributed by atoms with van der Waals surface area (Å²) in [5.41, 5.74) is -2.60. The van der Waals surface area contributed by atoms with E-state index in [1.807, 2.05) is 0 Å². The summed E-state index contributed by atoms with van der Waals surface area (Å²) in [6, 6.07) is 0. The van der Waals surface area contributed by atoms with Gasteiger partial charge in [0.25, 0.3) is 5.92 Å². The lowest BCUT2D eigenvalue weighted by Crippen LogP contribution is -2.43. The Labute approximate surface area is 85.4 Å². The maximum Gasteiger partial charge on any atom is 0.471 e. The Bertz CT molecular complexity index is 339. The molecule has 1 atom stereocenters. The summed E-state index contributed by atoms with van der Waals surface area (Å²) in [6.07, 6.45) is -6.29. The maximum atomic E-state index is 12.6. The van der Waals surface area contributed by atoms with Crippen LogP contribution in [0.3, 0.4) is 0 Å². The molecule has 1 aliphatic carbocycles. The molecule has 2 N–H and O–H groups in total. The monoisotopic (exact) mass is 247 g/mol. The number of carboxylic acid groups (broad SMARTS) is 1. The predicted molar refractivity (Wildman–Crippen MR) is 38.7 cm³/mol. The van der Waals surface area contributed by atoms with Crippen LogP contribution in [0.2, 0.25) is 0 Å². The number of carbonyl (C=O) groups excluding carboxylic acids is 1. The van der Waals surface area contributed by atoms with Crippen LogP contribution in [0.15, 0.2) is 0 Å². The second-order valence-corrected chi connectivity index (χ2v) is 3.45. The normalized spacial score (nSPS) is 27.3. The van der Waals surface area contributed by atoms with E-state index in [1.165, 1.54) is 0 Å². The number of carbonyl (C=O) groups is 2. The number of carboxylic acids is 1. The van der Waals surface area contributed by atoms with Gasteiger partial charge >= 0.3 is 18.1 Å². The molecule has 4 nitrogen and oxygen atoms in total. The van der Waals surface area contributed by atoms with Gasteiger partial charge in [0.05, 0.1) is 0 Å². The summed E-state index contributed by atoms with van der Waals surface area (Å²) in [6.45, 7) is -1.24. The highest BCUT2D eigenvalue weighted by molar-refractivity contribution is 5.85. The van der Waals surface area contributed by atoms with Crippen molar-refractivity contribution in [3.63, 3.8) is 0 Å². The van der Waals surface area contributed by atoms with Gasteiger partial charge in [-0.1, -0.05) is 0 Å². The molecule has 92 valence electrons. The Hall–Kier alpha value is -1.41. The molecule has 1 amide bonds. The molecule has 0 aliphatic heterocycles. The predicted octanol–water partition coefficient (Wildman–Crippen LogP) is 0.775. The average Bonchev–Trinajstić information content (AvgIpc) is 2.64. The third-order valence-corrected chi connectivity index (χ3v) is 2.32. The van der Waals surface area contributed by atoms with E-state index in [2.05, 4.69) is 0 Å². The lowest BCUT2D eigenvalue weighted by molar-refractivity contribution is -0.174. The fraction of sp³-hybridized carbons (Fsp3) is 0.714. The van der Waals surface area contributed by atoms with Crippen molar-refractivity contribution >= 4 is 11.9 Å². The zero-order chi connectivity index (χ0) is 12.8. The van der Waals surface area contributed by atoms with E-state index in [9.17, 15) is 31.5 Å². The third-order valence-electron chi connectivity index (χ3n) is 2.32. The first-order valence-corrected chi connectivity index (χ1v) is 3.99. The van der Waals surface area contributed by atoms with E-state index in [1.54, 1.807) is 0 Å². The second kappa shape index (κ2) is 3.29. The number of alkyl halides is 5. The van der Waals surface area contributed by atoms with Crippen LogP contribution in [0, 0.1) is 5.41 Å². The van der Waals surface area contributed by atoms with Gasteiger partial charge in [-0.3, -0.25) is 9.59 Å². The first-order valence-electron chi connectivity index (χ1n) is 3.99. The van der Waals surface area contributed by atoms with Gasteiger partial charge in [0.2, 0.25) is 0 Å². The Balaban J connectivity index is 2.63. The SMILES string of the molecule is O=C(NCC1(C(=O)O)CC1(F)F)C(F)(F)F. The zero-order valence-electron chi connectivity index (χ0n) is 7.57. The minimum Gasteiger partial charge on any atom is -0.481 e. The molecule has 1 unspecified atom stereocenters. The second-order valence-electron chi connectivity index (χ2n) is 3.45. The van der Waals surface area contributed by atoms with Crippen molar-refractivity contribution in [1.82, 2.24) is 5.32 Å². The molecule has 16 heavy (non-hydrogen) atoms. The van der Waals surface area contributed by atoms with E-state index < -0.39 is 42.4 Å². The van der Waals surface area contributed by atoms with Crippen molar-refractivity contribution in [1.29, 1.82) is 0 Å². The molecule has 0 bridgehead atoms. The maximum absolute atomic E-state index is 12.6. The zero-order valence-corrected chi connectivity index (χ0v) is 7.57. The quantitative estimate of drug-likeness (QED) is 0.724. The number of amides is 1.